The van der Waals surface area contributed by atoms with Crippen LogP contribution in [0.15, 0.2) is 18.2 Å². The van der Waals surface area contributed by atoms with Crippen molar-refractivity contribution >= 4 is 0 Å². The molecule has 1 saturated heterocycles. The lowest BCUT2D eigenvalue weighted by atomic mass is 9.96. The molecule has 0 aliphatic carbocycles. The fourth-order valence-electron chi connectivity index (χ4n) is 3.46. The standard InChI is InChI=1S/C17H25NO3/c1-11-6-14(7-12(2)21-11)18-15-8-13-4-5-16(19-3)9-17(13)20-10-15/h4-5,9,11-12,14-15,18H,6-8,10H2,1-3H3/t11-,12-,15+/m0/s1. The second kappa shape index (κ2) is 6.24. The molecule has 1 N–H and O–H groups in total. The number of nitrogens with one attached hydrogen (secondary N) is 1. The number of ether oxygens (including phenoxy) is 3. The van der Waals surface area contributed by atoms with Gasteiger partial charge in [-0.05, 0) is 44.7 Å². The van der Waals surface area contributed by atoms with Gasteiger partial charge in [0.05, 0.1) is 19.3 Å². The monoisotopic (exact) mass is 291 g/mol. The Morgan fingerprint density at radius 1 is 1.14 bits per heavy atom. The Morgan fingerprint density at radius 3 is 2.62 bits per heavy atom. The molecular formula is C17H25NO3. The van der Waals surface area contributed by atoms with Crippen LogP contribution in [0.5, 0.6) is 11.5 Å². The summed E-state index contributed by atoms with van der Waals surface area (Å²) in [5.41, 5.74) is 1.26. The fourth-order valence-corrected chi connectivity index (χ4v) is 3.46. The first kappa shape index (κ1) is 14.7. The third-order valence-electron chi connectivity index (χ3n) is 4.35. The predicted octanol–water partition coefficient (Wildman–Crippen LogP) is 2.54. The normalized spacial score (nSPS) is 32.1. The van der Waals surface area contributed by atoms with Crippen molar-refractivity contribution in [3.63, 3.8) is 0 Å². The van der Waals surface area contributed by atoms with E-state index in [1.54, 1.807) is 7.11 Å². The van der Waals surface area contributed by atoms with Crippen molar-refractivity contribution in [2.45, 2.75) is 57.4 Å². The van der Waals surface area contributed by atoms with Crippen LogP contribution in [-0.4, -0.2) is 38.0 Å². The van der Waals surface area contributed by atoms with E-state index in [1.807, 2.05) is 12.1 Å². The maximum absolute atomic E-state index is 5.90. The molecule has 3 atom stereocenters. The maximum atomic E-state index is 5.90. The second-order valence-electron chi connectivity index (χ2n) is 6.28. The van der Waals surface area contributed by atoms with Crippen molar-refractivity contribution in [2.75, 3.05) is 13.7 Å². The van der Waals surface area contributed by atoms with Gasteiger partial charge in [-0.2, -0.15) is 0 Å². The summed E-state index contributed by atoms with van der Waals surface area (Å²) in [7, 11) is 1.68. The molecule has 0 aromatic heterocycles. The Labute approximate surface area is 126 Å². The topological polar surface area (TPSA) is 39.7 Å². The molecular weight excluding hydrogens is 266 g/mol. The van der Waals surface area contributed by atoms with Crippen LogP contribution in [0.2, 0.25) is 0 Å². The summed E-state index contributed by atoms with van der Waals surface area (Å²) in [6, 6.07) is 7.00. The van der Waals surface area contributed by atoms with Crippen LogP contribution in [0.4, 0.5) is 0 Å². The first-order chi connectivity index (χ1) is 10.1. The molecule has 3 rings (SSSR count). The number of rotatable bonds is 3. The average molecular weight is 291 g/mol. The molecule has 4 heteroatoms. The van der Waals surface area contributed by atoms with Crippen molar-refractivity contribution in [3.05, 3.63) is 23.8 Å². The SMILES string of the molecule is COc1ccc2c(c1)OC[C@H](NC1C[C@H](C)O[C@@H](C)C1)C2. The van der Waals surface area contributed by atoms with Gasteiger partial charge in [-0.15, -0.1) is 0 Å². The lowest BCUT2D eigenvalue weighted by Crippen LogP contribution is -2.49. The largest absolute Gasteiger partial charge is 0.497 e. The summed E-state index contributed by atoms with van der Waals surface area (Å²) >= 11 is 0. The van der Waals surface area contributed by atoms with Crippen LogP contribution in [0, 0.1) is 0 Å². The first-order valence-electron chi connectivity index (χ1n) is 7.85. The van der Waals surface area contributed by atoms with Crippen molar-refractivity contribution in [3.8, 4) is 11.5 Å². The van der Waals surface area contributed by atoms with E-state index in [0.29, 0.717) is 24.3 Å². The van der Waals surface area contributed by atoms with Gasteiger partial charge in [-0.25, -0.2) is 0 Å². The third kappa shape index (κ3) is 3.50. The molecule has 2 aliphatic rings. The van der Waals surface area contributed by atoms with E-state index < -0.39 is 0 Å². The minimum absolute atomic E-state index is 0.340. The van der Waals surface area contributed by atoms with E-state index in [2.05, 4.69) is 25.2 Å². The van der Waals surface area contributed by atoms with Gasteiger partial charge in [0.15, 0.2) is 0 Å². The molecule has 0 unspecified atom stereocenters. The zero-order valence-electron chi connectivity index (χ0n) is 13.1. The number of hydrogen-bond acceptors (Lipinski definition) is 4. The minimum atomic E-state index is 0.340. The highest BCUT2D eigenvalue weighted by Crippen LogP contribution is 2.29. The van der Waals surface area contributed by atoms with Gasteiger partial charge in [0.25, 0.3) is 0 Å². The van der Waals surface area contributed by atoms with E-state index >= 15 is 0 Å². The van der Waals surface area contributed by atoms with Gasteiger partial charge >= 0.3 is 0 Å². The number of methoxy groups -OCH3 is 1. The van der Waals surface area contributed by atoms with Crippen LogP contribution in [-0.2, 0) is 11.2 Å². The summed E-state index contributed by atoms with van der Waals surface area (Å²) in [4.78, 5) is 0. The van der Waals surface area contributed by atoms with E-state index in [-0.39, 0.29) is 0 Å². The Bertz CT molecular complexity index is 481. The highest BCUT2D eigenvalue weighted by Gasteiger charge is 2.28. The van der Waals surface area contributed by atoms with Crippen LogP contribution >= 0.6 is 0 Å². The highest BCUT2D eigenvalue weighted by molar-refractivity contribution is 5.42. The van der Waals surface area contributed by atoms with Crippen molar-refractivity contribution in [1.29, 1.82) is 0 Å². The molecule has 2 aliphatic heterocycles. The highest BCUT2D eigenvalue weighted by atomic mass is 16.5. The Balaban J connectivity index is 1.61. The molecule has 1 aromatic carbocycles. The van der Waals surface area contributed by atoms with Gasteiger partial charge in [0, 0.05) is 18.2 Å². The Kier molecular flexibility index (Phi) is 4.36. The summed E-state index contributed by atoms with van der Waals surface area (Å²) in [6.45, 7) is 5.03. The van der Waals surface area contributed by atoms with Gasteiger partial charge in [-0.1, -0.05) is 6.07 Å². The van der Waals surface area contributed by atoms with E-state index in [1.165, 1.54) is 5.56 Å². The summed E-state index contributed by atoms with van der Waals surface area (Å²) in [6.07, 6.45) is 3.85. The molecule has 0 bridgehead atoms. The van der Waals surface area contributed by atoms with E-state index in [9.17, 15) is 0 Å². The quantitative estimate of drug-likeness (QED) is 0.929. The molecule has 1 aromatic rings. The van der Waals surface area contributed by atoms with Crippen molar-refractivity contribution in [1.82, 2.24) is 5.32 Å². The molecule has 0 amide bonds. The fraction of sp³-hybridized carbons (Fsp3) is 0.647. The summed E-state index contributed by atoms with van der Waals surface area (Å²) in [5, 5.41) is 3.75. The van der Waals surface area contributed by atoms with Gasteiger partial charge in [0.1, 0.15) is 18.1 Å². The van der Waals surface area contributed by atoms with Crippen LogP contribution in [0.25, 0.3) is 0 Å². The number of fused-ring (bicyclic) bond motifs is 1. The second-order valence-corrected chi connectivity index (χ2v) is 6.28. The molecule has 0 radical (unpaired) electrons. The number of benzene rings is 1. The summed E-state index contributed by atoms with van der Waals surface area (Å²) < 4.78 is 16.9. The lowest BCUT2D eigenvalue weighted by Gasteiger charge is -2.36. The average Bonchev–Trinajstić information content (AvgIpc) is 2.45. The molecule has 0 saturated carbocycles. The Morgan fingerprint density at radius 2 is 1.90 bits per heavy atom. The van der Waals surface area contributed by atoms with Crippen molar-refractivity contribution < 1.29 is 14.2 Å². The van der Waals surface area contributed by atoms with Crippen molar-refractivity contribution in [2.24, 2.45) is 0 Å². The van der Waals surface area contributed by atoms with Crippen LogP contribution in [0.3, 0.4) is 0 Å². The molecule has 2 heterocycles. The zero-order chi connectivity index (χ0) is 14.8. The van der Waals surface area contributed by atoms with E-state index in [4.69, 9.17) is 14.2 Å². The predicted molar refractivity (Wildman–Crippen MR) is 82.1 cm³/mol. The number of hydrogen-bond donors (Lipinski definition) is 1. The van der Waals surface area contributed by atoms with Gasteiger partial charge < -0.3 is 19.5 Å². The van der Waals surface area contributed by atoms with Gasteiger partial charge in [-0.3, -0.25) is 0 Å². The van der Waals surface area contributed by atoms with Gasteiger partial charge in [0.2, 0.25) is 0 Å². The molecule has 1 fully saturated rings. The molecule has 116 valence electrons. The maximum Gasteiger partial charge on any atom is 0.126 e. The zero-order valence-corrected chi connectivity index (χ0v) is 13.1. The van der Waals surface area contributed by atoms with E-state index in [0.717, 1.165) is 37.4 Å². The lowest BCUT2D eigenvalue weighted by molar-refractivity contribution is -0.0444. The Hall–Kier alpha value is -1.26. The smallest absolute Gasteiger partial charge is 0.126 e. The summed E-state index contributed by atoms with van der Waals surface area (Å²) in [5.74, 6) is 1.81. The van der Waals surface area contributed by atoms with Crippen LogP contribution in [0.1, 0.15) is 32.3 Å². The first-order valence-corrected chi connectivity index (χ1v) is 7.85. The molecule has 0 spiro atoms. The third-order valence-corrected chi connectivity index (χ3v) is 4.35. The minimum Gasteiger partial charge on any atom is -0.497 e. The molecule has 21 heavy (non-hydrogen) atoms. The molecule has 4 nitrogen and oxygen atoms in total. The van der Waals surface area contributed by atoms with Crippen LogP contribution < -0.4 is 14.8 Å².